The maximum atomic E-state index is 12.9. The summed E-state index contributed by atoms with van der Waals surface area (Å²) in [5.74, 6) is 0.703. The Morgan fingerprint density at radius 2 is 1.86 bits per heavy atom. The lowest BCUT2D eigenvalue weighted by atomic mass is 10.3. The van der Waals surface area contributed by atoms with Crippen molar-refractivity contribution in [2.75, 3.05) is 16.6 Å². The van der Waals surface area contributed by atoms with Crippen LogP contribution in [0.2, 0.25) is 10.0 Å². The van der Waals surface area contributed by atoms with E-state index in [2.05, 4.69) is 0 Å². The highest BCUT2D eigenvalue weighted by atomic mass is 35.5. The van der Waals surface area contributed by atoms with Gasteiger partial charge in [-0.3, -0.25) is 4.31 Å². The van der Waals surface area contributed by atoms with E-state index in [0.29, 0.717) is 23.0 Å². The zero-order chi connectivity index (χ0) is 15.0. The maximum absolute atomic E-state index is 12.9. The first-order chi connectivity index (χ1) is 10.00. The topological polar surface area (TPSA) is 37.4 Å². The van der Waals surface area contributed by atoms with Crippen LogP contribution in [0.1, 0.15) is 0 Å². The van der Waals surface area contributed by atoms with Crippen LogP contribution in [0, 0.1) is 0 Å². The fraction of sp³-hybridized carbons (Fsp3) is 0.143. The monoisotopic (exact) mass is 359 g/mol. The molecule has 0 fully saturated rings. The standard InChI is InChI=1S/C14H11Cl2NO2S2/c15-10-5-6-11(16)14(9-10)21(18,19)17-7-8-20-13-4-2-1-3-12(13)17/h1-6,9H,7-8H2. The number of anilines is 1. The minimum absolute atomic E-state index is 0.0402. The number of halogens is 2. The largest absolute Gasteiger partial charge is 0.265 e. The van der Waals surface area contributed by atoms with Crippen LogP contribution >= 0.6 is 35.0 Å². The molecule has 0 amide bonds. The molecule has 0 saturated heterocycles. The van der Waals surface area contributed by atoms with Crippen molar-refractivity contribution in [1.29, 1.82) is 0 Å². The summed E-state index contributed by atoms with van der Waals surface area (Å²) in [5, 5.41) is 0.521. The third-order valence-corrected chi connectivity index (χ3v) is 6.72. The first kappa shape index (κ1) is 15.0. The summed E-state index contributed by atoms with van der Waals surface area (Å²) >= 11 is 13.6. The van der Waals surface area contributed by atoms with Crippen molar-refractivity contribution in [3.05, 3.63) is 52.5 Å². The highest BCUT2D eigenvalue weighted by Crippen LogP contribution is 2.38. The van der Waals surface area contributed by atoms with E-state index in [1.165, 1.54) is 16.4 Å². The normalized spacial score (nSPS) is 14.9. The highest BCUT2D eigenvalue weighted by molar-refractivity contribution is 8.00. The molecule has 2 aromatic rings. The van der Waals surface area contributed by atoms with E-state index in [4.69, 9.17) is 23.2 Å². The van der Waals surface area contributed by atoms with Crippen molar-refractivity contribution in [2.45, 2.75) is 9.79 Å². The molecule has 2 aromatic carbocycles. The lowest BCUT2D eigenvalue weighted by Gasteiger charge is -2.30. The van der Waals surface area contributed by atoms with Gasteiger partial charge in [-0.05, 0) is 30.3 Å². The van der Waals surface area contributed by atoms with Gasteiger partial charge in [-0.15, -0.1) is 11.8 Å². The molecular formula is C14H11Cl2NO2S2. The molecule has 1 aliphatic rings. The average Bonchev–Trinajstić information content (AvgIpc) is 2.49. The third kappa shape index (κ3) is 2.75. The predicted molar refractivity (Wildman–Crippen MR) is 88.2 cm³/mol. The molecular weight excluding hydrogens is 349 g/mol. The van der Waals surface area contributed by atoms with Crippen LogP contribution < -0.4 is 4.31 Å². The number of thioether (sulfide) groups is 1. The molecule has 21 heavy (non-hydrogen) atoms. The van der Waals surface area contributed by atoms with Crippen LogP contribution in [0.5, 0.6) is 0 Å². The number of hydrogen-bond acceptors (Lipinski definition) is 3. The first-order valence-electron chi connectivity index (χ1n) is 6.20. The Morgan fingerprint density at radius 1 is 1.10 bits per heavy atom. The summed E-state index contributed by atoms with van der Waals surface area (Å²) in [7, 11) is -3.72. The fourth-order valence-corrected chi connectivity index (χ4v) is 5.58. The number of rotatable bonds is 2. The molecule has 0 radical (unpaired) electrons. The second kappa shape index (κ2) is 5.72. The summed E-state index contributed by atoms with van der Waals surface area (Å²) in [4.78, 5) is 0.990. The molecule has 3 rings (SSSR count). The Hall–Kier alpha value is -0.880. The number of hydrogen-bond donors (Lipinski definition) is 0. The van der Waals surface area contributed by atoms with Gasteiger partial charge in [0, 0.05) is 22.2 Å². The SMILES string of the molecule is O=S(=O)(c1cc(Cl)ccc1Cl)N1CCSc2ccccc21. The smallest absolute Gasteiger partial charge is 0.264 e. The molecule has 0 N–H and O–H groups in total. The molecule has 0 unspecified atom stereocenters. The zero-order valence-electron chi connectivity index (χ0n) is 10.8. The number of para-hydroxylation sites is 1. The molecule has 0 spiro atoms. The van der Waals surface area contributed by atoms with Crippen molar-refractivity contribution in [3.63, 3.8) is 0 Å². The van der Waals surface area contributed by atoms with E-state index in [1.807, 2.05) is 18.2 Å². The van der Waals surface area contributed by atoms with Crippen LogP contribution in [0.25, 0.3) is 0 Å². The average molecular weight is 360 g/mol. The maximum Gasteiger partial charge on any atom is 0.265 e. The Balaban J connectivity index is 2.14. The molecule has 1 heterocycles. The molecule has 0 bridgehead atoms. The molecule has 110 valence electrons. The molecule has 0 aliphatic carbocycles. The predicted octanol–water partition coefficient (Wildman–Crippen LogP) is 4.29. The van der Waals surface area contributed by atoms with E-state index in [0.717, 1.165) is 4.90 Å². The summed E-state index contributed by atoms with van der Waals surface area (Å²) < 4.78 is 27.2. The lowest BCUT2D eigenvalue weighted by molar-refractivity contribution is 0.591. The van der Waals surface area contributed by atoms with Crippen LogP contribution in [0.4, 0.5) is 5.69 Å². The molecule has 1 aliphatic heterocycles. The van der Waals surface area contributed by atoms with Gasteiger partial charge in [-0.1, -0.05) is 35.3 Å². The number of nitrogens with zero attached hydrogens (tertiary/aromatic N) is 1. The molecule has 0 aromatic heterocycles. The van der Waals surface area contributed by atoms with Gasteiger partial charge in [-0.2, -0.15) is 0 Å². The second-order valence-corrected chi connectivity index (χ2v) is 8.28. The van der Waals surface area contributed by atoms with Gasteiger partial charge in [0.05, 0.1) is 10.7 Å². The molecule has 0 saturated carbocycles. The van der Waals surface area contributed by atoms with E-state index in [9.17, 15) is 8.42 Å². The van der Waals surface area contributed by atoms with Gasteiger partial charge in [0.15, 0.2) is 0 Å². The zero-order valence-corrected chi connectivity index (χ0v) is 13.9. The molecule has 3 nitrogen and oxygen atoms in total. The third-order valence-electron chi connectivity index (χ3n) is 3.15. The quantitative estimate of drug-likeness (QED) is 0.802. The van der Waals surface area contributed by atoms with Crippen LogP contribution in [0.15, 0.2) is 52.3 Å². The van der Waals surface area contributed by atoms with Crippen molar-refractivity contribution in [2.24, 2.45) is 0 Å². The summed E-state index contributed by atoms with van der Waals surface area (Å²) in [5.41, 5.74) is 0.685. The van der Waals surface area contributed by atoms with Crippen molar-refractivity contribution in [1.82, 2.24) is 0 Å². The van der Waals surface area contributed by atoms with E-state index in [1.54, 1.807) is 23.9 Å². The van der Waals surface area contributed by atoms with Crippen LogP contribution in [-0.2, 0) is 10.0 Å². The summed E-state index contributed by atoms with van der Waals surface area (Å²) in [6.07, 6.45) is 0. The fourth-order valence-electron chi connectivity index (χ4n) is 2.19. The minimum atomic E-state index is -3.72. The van der Waals surface area contributed by atoms with Crippen molar-refractivity contribution < 1.29 is 8.42 Å². The second-order valence-electron chi connectivity index (χ2n) is 4.47. The lowest BCUT2D eigenvalue weighted by Crippen LogP contribution is -2.35. The van der Waals surface area contributed by atoms with Gasteiger partial charge < -0.3 is 0 Å². The minimum Gasteiger partial charge on any atom is -0.264 e. The van der Waals surface area contributed by atoms with E-state index >= 15 is 0 Å². The van der Waals surface area contributed by atoms with Gasteiger partial charge in [0.25, 0.3) is 10.0 Å². The van der Waals surface area contributed by atoms with Crippen molar-refractivity contribution >= 4 is 50.7 Å². The first-order valence-corrected chi connectivity index (χ1v) is 9.38. The Bertz CT molecular complexity index is 793. The van der Waals surface area contributed by atoms with Gasteiger partial charge >= 0.3 is 0 Å². The van der Waals surface area contributed by atoms with Gasteiger partial charge in [-0.25, -0.2) is 8.42 Å². The Kier molecular flexibility index (Phi) is 4.10. The molecule has 0 atom stereocenters. The van der Waals surface area contributed by atoms with E-state index in [-0.39, 0.29) is 9.92 Å². The number of fused-ring (bicyclic) bond motifs is 1. The summed E-state index contributed by atoms with van der Waals surface area (Å²) in [6.45, 7) is 0.410. The van der Waals surface area contributed by atoms with Crippen LogP contribution in [-0.4, -0.2) is 20.7 Å². The Labute approximate surface area is 137 Å². The van der Waals surface area contributed by atoms with Gasteiger partial charge in [0.1, 0.15) is 4.90 Å². The summed E-state index contributed by atoms with van der Waals surface area (Å²) in [6, 6.07) is 11.9. The van der Waals surface area contributed by atoms with Crippen molar-refractivity contribution in [3.8, 4) is 0 Å². The van der Waals surface area contributed by atoms with Crippen LogP contribution in [0.3, 0.4) is 0 Å². The Morgan fingerprint density at radius 3 is 2.67 bits per heavy atom. The number of benzene rings is 2. The highest BCUT2D eigenvalue weighted by Gasteiger charge is 2.30. The van der Waals surface area contributed by atoms with E-state index < -0.39 is 10.0 Å². The number of sulfonamides is 1. The molecule has 7 heteroatoms. The van der Waals surface area contributed by atoms with Gasteiger partial charge in [0.2, 0.25) is 0 Å².